The molecule has 1 fully saturated rings. The molecule has 1 aliphatic heterocycles. The van der Waals surface area contributed by atoms with Gasteiger partial charge in [-0.3, -0.25) is 4.79 Å². The van der Waals surface area contributed by atoms with Crippen molar-refractivity contribution < 1.29 is 4.79 Å². The zero-order valence-corrected chi connectivity index (χ0v) is 11.0. The Hall–Kier alpha value is -1.58. The van der Waals surface area contributed by atoms with Crippen molar-refractivity contribution in [2.24, 2.45) is 5.73 Å². The summed E-state index contributed by atoms with van der Waals surface area (Å²) in [5, 5.41) is 13.8. The number of nitrogens with two attached hydrogens (primary N) is 1. The van der Waals surface area contributed by atoms with E-state index in [1.807, 2.05) is 11.4 Å². The molecule has 2 heterocycles. The van der Waals surface area contributed by atoms with Crippen molar-refractivity contribution in [3.8, 4) is 6.07 Å². The topological polar surface area (TPSA) is 82.2 Å². The molecule has 0 spiro atoms. The van der Waals surface area contributed by atoms with Gasteiger partial charge in [0.05, 0.1) is 11.7 Å². The highest BCUT2D eigenvalue weighted by Crippen LogP contribution is 2.28. The smallest absolute Gasteiger partial charge is 0.236 e. The van der Waals surface area contributed by atoms with E-state index in [0.29, 0.717) is 0 Å². The number of thiophene rings is 1. The largest absolute Gasteiger partial charge is 0.368 e. The third-order valence-electron chi connectivity index (χ3n) is 3.03. The molecule has 2 rings (SSSR count). The quantitative estimate of drug-likeness (QED) is 0.840. The maximum Gasteiger partial charge on any atom is 0.236 e. The van der Waals surface area contributed by atoms with E-state index in [9.17, 15) is 4.79 Å². The number of nitrogens with zero attached hydrogens (tertiary/aromatic N) is 2. The van der Waals surface area contributed by atoms with Crippen LogP contribution in [-0.4, -0.2) is 31.1 Å². The van der Waals surface area contributed by atoms with E-state index in [-0.39, 0.29) is 11.9 Å². The molecule has 3 N–H and O–H groups in total. The van der Waals surface area contributed by atoms with E-state index in [1.54, 1.807) is 6.92 Å². The molecule has 1 aromatic rings. The first kappa shape index (κ1) is 12.9. The zero-order chi connectivity index (χ0) is 13.1. The summed E-state index contributed by atoms with van der Waals surface area (Å²) in [4.78, 5) is 14.4. The monoisotopic (exact) mass is 264 g/mol. The Morgan fingerprint density at radius 3 is 3.22 bits per heavy atom. The van der Waals surface area contributed by atoms with Gasteiger partial charge in [-0.1, -0.05) is 0 Å². The van der Waals surface area contributed by atoms with Crippen LogP contribution in [-0.2, 0) is 4.79 Å². The number of hydrogen-bond acceptors (Lipinski definition) is 5. The van der Waals surface area contributed by atoms with Crippen LogP contribution in [0.1, 0.15) is 18.2 Å². The summed E-state index contributed by atoms with van der Waals surface area (Å²) in [5.74, 6) is -0.118. The molecule has 1 saturated heterocycles. The summed E-state index contributed by atoms with van der Waals surface area (Å²) in [6, 6.07) is 3.80. The van der Waals surface area contributed by atoms with Crippen molar-refractivity contribution in [1.29, 1.82) is 5.26 Å². The number of carbonyl (C=O) groups is 1. The van der Waals surface area contributed by atoms with Gasteiger partial charge in [0.25, 0.3) is 0 Å². The van der Waals surface area contributed by atoms with Crippen LogP contribution in [0.25, 0.3) is 0 Å². The van der Waals surface area contributed by atoms with Gasteiger partial charge in [0.2, 0.25) is 5.91 Å². The lowest BCUT2D eigenvalue weighted by atomic mass is 10.2. The van der Waals surface area contributed by atoms with Crippen LogP contribution >= 0.6 is 11.3 Å². The Labute approximate surface area is 110 Å². The molecule has 0 aliphatic carbocycles. The second-order valence-corrected chi connectivity index (χ2v) is 5.39. The molecule has 1 amide bonds. The minimum absolute atomic E-state index is 0.118. The van der Waals surface area contributed by atoms with Gasteiger partial charge in [-0.2, -0.15) is 5.26 Å². The molecule has 0 unspecified atom stereocenters. The predicted molar refractivity (Wildman–Crippen MR) is 71.4 cm³/mol. The number of nitrogens with one attached hydrogen (secondary N) is 1. The first-order valence-electron chi connectivity index (χ1n) is 5.90. The van der Waals surface area contributed by atoms with E-state index in [1.165, 1.54) is 11.3 Å². The molecule has 0 radical (unpaired) electrons. The van der Waals surface area contributed by atoms with Crippen LogP contribution in [0.5, 0.6) is 0 Å². The molecule has 6 heteroatoms. The Balaban J connectivity index is 1.97. The fraction of sp³-hybridized carbons (Fsp3) is 0.500. The van der Waals surface area contributed by atoms with Crippen LogP contribution in [0.2, 0.25) is 0 Å². The van der Waals surface area contributed by atoms with Crippen LogP contribution in [0.15, 0.2) is 11.4 Å². The van der Waals surface area contributed by atoms with Crippen LogP contribution in [0.3, 0.4) is 0 Å². The molecule has 0 bridgehead atoms. The molecule has 0 aromatic carbocycles. The van der Waals surface area contributed by atoms with E-state index in [4.69, 9.17) is 11.0 Å². The van der Waals surface area contributed by atoms with Crippen molar-refractivity contribution in [3.05, 3.63) is 16.3 Å². The van der Waals surface area contributed by atoms with Gasteiger partial charge < -0.3 is 16.0 Å². The summed E-state index contributed by atoms with van der Waals surface area (Å²) >= 11 is 1.45. The number of rotatable bonds is 3. The maximum absolute atomic E-state index is 11.5. The molecule has 18 heavy (non-hydrogen) atoms. The first-order valence-corrected chi connectivity index (χ1v) is 6.78. The highest BCUT2D eigenvalue weighted by molar-refractivity contribution is 7.11. The Morgan fingerprint density at radius 1 is 1.78 bits per heavy atom. The lowest BCUT2D eigenvalue weighted by Gasteiger charge is -2.18. The summed E-state index contributed by atoms with van der Waals surface area (Å²) in [7, 11) is 0. The Morgan fingerprint density at radius 2 is 2.56 bits per heavy atom. The highest BCUT2D eigenvalue weighted by atomic mass is 32.1. The zero-order valence-electron chi connectivity index (χ0n) is 10.2. The number of anilines is 1. The second kappa shape index (κ2) is 5.38. The molecule has 1 aromatic heterocycles. The fourth-order valence-electron chi connectivity index (χ4n) is 2.06. The normalized spacial score (nSPS) is 20.5. The average molecular weight is 264 g/mol. The lowest BCUT2D eigenvalue weighted by Crippen LogP contribution is -2.44. The lowest BCUT2D eigenvalue weighted by molar-refractivity contribution is -0.122. The van der Waals surface area contributed by atoms with Gasteiger partial charge in [0, 0.05) is 19.1 Å². The van der Waals surface area contributed by atoms with E-state index in [0.717, 1.165) is 30.1 Å². The van der Waals surface area contributed by atoms with Crippen molar-refractivity contribution >= 4 is 22.9 Å². The number of carbonyl (C=O) groups excluding carboxylic acids is 1. The minimum atomic E-state index is -0.477. The second-order valence-electron chi connectivity index (χ2n) is 4.48. The third-order valence-corrected chi connectivity index (χ3v) is 3.84. The molecular formula is C12H16N4OS. The average Bonchev–Trinajstić information content (AvgIpc) is 2.95. The number of amides is 1. The molecule has 1 aliphatic rings. The van der Waals surface area contributed by atoms with Gasteiger partial charge in [-0.05, 0) is 24.8 Å². The molecular weight excluding hydrogens is 248 g/mol. The van der Waals surface area contributed by atoms with Gasteiger partial charge in [0.1, 0.15) is 10.9 Å². The van der Waals surface area contributed by atoms with Crippen LogP contribution in [0, 0.1) is 11.3 Å². The van der Waals surface area contributed by atoms with Crippen molar-refractivity contribution in [2.45, 2.75) is 25.4 Å². The van der Waals surface area contributed by atoms with E-state index >= 15 is 0 Å². The minimum Gasteiger partial charge on any atom is -0.368 e. The number of hydrogen-bond donors (Lipinski definition) is 2. The summed E-state index contributed by atoms with van der Waals surface area (Å²) in [6.07, 6.45) is 0.888. The third kappa shape index (κ3) is 2.63. The SMILES string of the molecule is C[C@H](N)C(=O)N[C@H]1CCN(c2ccsc2C#N)C1. The van der Waals surface area contributed by atoms with Crippen molar-refractivity contribution in [2.75, 3.05) is 18.0 Å². The summed E-state index contributed by atoms with van der Waals surface area (Å²) in [5.41, 5.74) is 6.49. The Kier molecular flexibility index (Phi) is 3.84. The van der Waals surface area contributed by atoms with Gasteiger partial charge in [-0.25, -0.2) is 0 Å². The van der Waals surface area contributed by atoms with Crippen LogP contribution in [0.4, 0.5) is 5.69 Å². The van der Waals surface area contributed by atoms with Crippen LogP contribution < -0.4 is 16.0 Å². The van der Waals surface area contributed by atoms with Gasteiger partial charge >= 0.3 is 0 Å². The first-order chi connectivity index (χ1) is 8.61. The van der Waals surface area contributed by atoms with Crippen molar-refractivity contribution in [1.82, 2.24) is 5.32 Å². The van der Waals surface area contributed by atoms with Crippen molar-refractivity contribution in [3.63, 3.8) is 0 Å². The molecule has 96 valence electrons. The van der Waals surface area contributed by atoms with E-state index < -0.39 is 6.04 Å². The summed E-state index contributed by atoms with van der Waals surface area (Å²) < 4.78 is 0. The maximum atomic E-state index is 11.5. The van der Waals surface area contributed by atoms with Gasteiger partial charge in [0.15, 0.2) is 0 Å². The number of nitriles is 1. The molecule has 5 nitrogen and oxygen atoms in total. The fourth-order valence-corrected chi connectivity index (χ4v) is 2.77. The molecule has 0 saturated carbocycles. The van der Waals surface area contributed by atoms with Gasteiger partial charge in [-0.15, -0.1) is 11.3 Å². The Bertz CT molecular complexity index is 477. The molecule has 2 atom stereocenters. The standard InChI is InChI=1S/C12H16N4OS/c1-8(14)12(17)15-9-2-4-16(7-9)10-3-5-18-11(10)6-13/h3,5,8-9H,2,4,7,14H2,1H3,(H,15,17)/t8-,9-/m0/s1. The summed E-state index contributed by atoms with van der Waals surface area (Å²) in [6.45, 7) is 3.27. The highest BCUT2D eigenvalue weighted by Gasteiger charge is 2.26. The van der Waals surface area contributed by atoms with E-state index in [2.05, 4.69) is 16.3 Å². The predicted octanol–water partition coefficient (Wildman–Crippen LogP) is 0.662.